The molecular formula is C43H40N4O7. The van der Waals surface area contributed by atoms with Gasteiger partial charge in [-0.15, -0.1) is 0 Å². The molecule has 0 aliphatic carbocycles. The summed E-state index contributed by atoms with van der Waals surface area (Å²) >= 11 is 0. The Morgan fingerprint density at radius 1 is 0.611 bits per heavy atom. The predicted octanol–water partition coefficient (Wildman–Crippen LogP) is 7.81. The molecule has 0 N–H and O–H groups in total. The molecule has 2 atom stereocenters. The van der Waals surface area contributed by atoms with Gasteiger partial charge in [0.05, 0.1) is 69.1 Å². The highest BCUT2D eigenvalue weighted by Gasteiger charge is 2.35. The first-order valence-electron chi connectivity index (χ1n) is 17.9. The van der Waals surface area contributed by atoms with Gasteiger partial charge >= 0.3 is 0 Å². The van der Waals surface area contributed by atoms with Gasteiger partial charge in [-0.3, -0.25) is 19.6 Å². The molecule has 4 aromatic carbocycles. The van der Waals surface area contributed by atoms with Gasteiger partial charge in [0.2, 0.25) is 0 Å². The molecule has 11 heteroatoms. The lowest BCUT2D eigenvalue weighted by Crippen LogP contribution is -2.32. The van der Waals surface area contributed by atoms with E-state index in [1.165, 1.54) is 5.56 Å². The standard InChI is InChI=1S/C43H40N4O7/c1-26-6-8-27(9-7-26)29-16-31-22-44-36-20-40(38(51-3)18-34(36)42(48)46(31)24-29)53-14-5-15-54-41-21-37-35(19-39(41)52-4)43(49)47-25-30(17-32(47)23-45-37)28-10-12-33(50-2)13-11-28/h6-13,18-25,31-32H,5,14-17H2,1-4H3. The molecule has 0 aromatic heterocycles. The smallest absolute Gasteiger partial charge is 0.260 e. The van der Waals surface area contributed by atoms with E-state index < -0.39 is 0 Å². The largest absolute Gasteiger partial charge is 0.497 e. The van der Waals surface area contributed by atoms with Crippen molar-refractivity contribution in [2.24, 2.45) is 9.98 Å². The van der Waals surface area contributed by atoms with Gasteiger partial charge in [-0.2, -0.15) is 0 Å². The minimum atomic E-state index is -0.200. The number of amides is 2. The van der Waals surface area contributed by atoms with Crippen LogP contribution in [0, 0.1) is 6.92 Å². The van der Waals surface area contributed by atoms with Crippen molar-refractivity contribution in [1.29, 1.82) is 0 Å². The molecule has 0 fully saturated rings. The minimum Gasteiger partial charge on any atom is -0.497 e. The van der Waals surface area contributed by atoms with Gasteiger partial charge in [-0.1, -0.05) is 42.0 Å². The van der Waals surface area contributed by atoms with Gasteiger partial charge in [-0.25, -0.2) is 0 Å². The number of hydrogen-bond acceptors (Lipinski definition) is 9. The van der Waals surface area contributed by atoms with Crippen LogP contribution in [-0.2, 0) is 0 Å². The topological polar surface area (TPSA) is 111 Å². The predicted molar refractivity (Wildman–Crippen MR) is 207 cm³/mol. The van der Waals surface area contributed by atoms with Crippen molar-refractivity contribution in [2.75, 3.05) is 34.5 Å². The van der Waals surface area contributed by atoms with Gasteiger partial charge in [0.25, 0.3) is 11.8 Å². The number of carbonyl (C=O) groups excluding carboxylic acids is 2. The summed E-state index contributed by atoms with van der Waals surface area (Å²) in [4.78, 5) is 40.4. The molecule has 2 unspecified atom stereocenters. The third-order valence-corrected chi connectivity index (χ3v) is 10.1. The SMILES string of the molecule is COc1ccc(C2=CN3C(=O)c4cc(OC)c(OCCCOc5cc6c(cc5OC)C(=O)N5C=C(c7ccc(C)cc7)CC5C=N6)cc4N=CC3C2)cc1. The van der Waals surface area contributed by atoms with Crippen molar-refractivity contribution >= 4 is 46.8 Å². The Morgan fingerprint density at radius 2 is 1.07 bits per heavy atom. The number of aliphatic imine (C=N–C) groups is 2. The minimum absolute atomic E-state index is 0.135. The quantitative estimate of drug-likeness (QED) is 0.145. The van der Waals surface area contributed by atoms with E-state index in [9.17, 15) is 9.59 Å². The first-order valence-corrected chi connectivity index (χ1v) is 17.9. The van der Waals surface area contributed by atoms with Gasteiger partial charge in [0.1, 0.15) is 5.75 Å². The number of carbonyl (C=O) groups is 2. The molecule has 54 heavy (non-hydrogen) atoms. The lowest BCUT2D eigenvalue weighted by atomic mass is 10.0. The van der Waals surface area contributed by atoms with Crippen LogP contribution in [0.4, 0.5) is 11.4 Å². The van der Waals surface area contributed by atoms with Crippen molar-refractivity contribution in [1.82, 2.24) is 9.80 Å². The second-order valence-electron chi connectivity index (χ2n) is 13.5. The number of fused-ring (bicyclic) bond motifs is 4. The van der Waals surface area contributed by atoms with Crippen LogP contribution in [0.1, 0.15) is 56.7 Å². The Bertz CT molecular complexity index is 2240. The maximum absolute atomic E-state index is 13.7. The first-order chi connectivity index (χ1) is 26.3. The fourth-order valence-corrected chi connectivity index (χ4v) is 7.14. The molecule has 0 radical (unpaired) electrons. The zero-order chi connectivity index (χ0) is 37.3. The summed E-state index contributed by atoms with van der Waals surface area (Å²) in [6, 6.07) is 22.6. The molecule has 4 aliphatic heterocycles. The van der Waals surface area contributed by atoms with Crippen LogP contribution >= 0.6 is 0 Å². The van der Waals surface area contributed by atoms with E-state index in [4.69, 9.17) is 33.7 Å². The summed E-state index contributed by atoms with van der Waals surface area (Å²) in [5.74, 6) is 2.34. The summed E-state index contributed by atoms with van der Waals surface area (Å²) in [7, 11) is 4.73. The van der Waals surface area contributed by atoms with Crippen LogP contribution < -0.4 is 23.7 Å². The molecule has 0 saturated carbocycles. The molecule has 0 spiro atoms. The summed E-state index contributed by atoms with van der Waals surface area (Å²) in [5, 5.41) is 0. The third kappa shape index (κ3) is 6.57. The average molecular weight is 725 g/mol. The highest BCUT2D eigenvalue weighted by molar-refractivity contribution is 6.06. The molecule has 11 nitrogen and oxygen atoms in total. The number of nitrogens with zero attached hydrogens (tertiary/aromatic N) is 4. The monoisotopic (exact) mass is 724 g/mol. The Labute approximate surface area is 313 Å². The Kier molecular flexibility index (Phi) is 9.37. The van der Waals surface area contributed by atoms with Crippen molar-refractivity contribution < 1.29 is 33.3 Å². The van der Waals surface area contributed by atoms with E-state index in [2.05, 4.69) is 31.2 Å². The van der Waals surface area contributed by atoms with E-state index in [-0.39, 0.29) is 23.9 Å². The van der Waals surface area contributed by atoms with E-state index in [1.807, 2.05) is 49.1 Å². The molecule has 4 aliphatic rings. The highest BCUT2D eigenvalue weighted by Crippen LogP contribution is 2.42. The Hall–Kier alpha value is -6.36. The molecule has 4 heterocycles. The zero-order valence-electron chi connectivity index (χ0n) is 30.6. The van der Waals surface area contributed by atoms with E-state index in [1.54, 1.807) is 55.4 Å². The van der Waals surface area contributed by atoms with Gasteiger partial charge in [-0.05, 0) is 53.5 Å². The van der Waals surface area contributed by atoms with Crippen LogP contribution in [0.2, 0.25) is 0 Å². The molecule has 0 saturated heterocycles. The van der Waals surface area contributed by atoms with Crippen molar-refractivity contribution in [2.45, 2.75) is 38.3 Å². The van der Waals surface area contributed by atoms with E-state index in [0.717, 1.165) is 28.0 Å². The lowest BCUT2D eigenvalue weighted by molar-refractivity contribution is 0.0809. The zero-order valence-corrected chi connectivity index (χ0v) is 30.6. The number of ether oxygens (including phenoxy) is 5. The Balaban J connectivity index is 0.909. The fourth-order valence-electron chi connectivity index (χ4n) is 7.14. The first kappa shape index (κ1) is 34.7. The van der Waals surface area contributed by atoms with Crippen LogP contribution in [0.5, 0.6) is 28.7 Å². The molecule has 2 amide bonds. The van der Waals surface area contributed by atoms with Crippen LogP contribution in [0.3, 0.4) is 0 Å². The number of rotatable bonds is 11. The fraction of sp³-hybridized carbons (Fsp3) is 0.256. The summed E-state index contributed by atoms with van der Waals surface area (Å²) in [6.07, 6.45) is 9.35. The molecule has 8 rings (SSSR count). The maximum atomic E-state index is 13.7. The van der Waals surface area contributed by atoms with E-state index in [0.29, 0.717) is 78.0 Å². The second kappa shape index (κ2) is 14.6. The van der Waals surface area contributed by atoms with Crippen LogP contribution in [0.25, 0.3) is 11.1 Å². The maximum Gasteiger partial charge on any atom is 0.260 e. The molecule has 4 aromatic rings. The van der Waals surface area contributed by atoms with Crippen molar-refractivity contribution in [3.8, 4) is 28.7 Å². The third-order valence-electron chi connectivity index (χ3n) is 10.1. The van der Waals surface area contributed by atoms with E-state index >= 15 is 0 Å². The van der Waals surface area contributed by atoms with Gasteiger partial charge in [0, 0.05) is 56.2 Å². The van der Waals surface area contributed by atoms with Crippen molar-refractivity contribution in [3.05, 3.63) is 113 Å². The lowest BCUT2D eigenvalue weighted by Gasteiger charge is -2.19. The van der Waals surface area contributed by atoms with Crippen LogP contribution in [-0.4, -0.2) is 80.7 Å². The summed E-state index contributed by atoms with van der Waals surface area (Å²) in [5.41, 5.74) is 7.41. The highest BCUT2D eigenvalue weighted by atomic mass is 16.5. The molecular weight excluding hydrogens is 684 g/mol. The molecule has 0 bridgehead atoms. The number of benzene rings is 4. The Morgan fingerprint density at radius 3 is 1.52 bits per heavy atom. The molecule has 274 valence electrons. The normalized spacial score (nSPS) is 18.1. The van der Waals surface area contributed by atoms with Gasteiger partial charge in [0.15, 0.2) is 23.0 Å². The van der Waals surface area contributed by atoms with Gasteiger partial charge < -0.3 is 33.5 Å². The number of methoxy groups -OCH3 is 3. The summed E-state index contributed by atoms with van der Waals surface area (Å²) < 4.78 is 28.8. The number of hydrogen-bond donors (Lipinski definition) is 0. The average Bonchev–Trinajstić information content (AvgIpc) is 3.78. The van der Waals surface area contributed by atoms with Crippen LogP contribution in [0.15, 0.2) is 95.2 Å². The second-order valence-corrected chi connectivity index (χ2v) is 13.5. The van der Waals surface area contributed by atoms with Crippen molar-refractivity contribution in [3.63, 3.8) is 0 Å². The number of aryl methyl sites for hydroxylation is 1. The summed E-state index contributed by atoms with van der Waals surface area (Å²) in [6.45, 7) is 2.68.